The Morgan fingerprint density at radius 1 is 1.86 bits per heavy atom. The van der Waals surface area contributed by atoms with Crippen LogP contribution in [-0.2, 0) is 4.79 Å². The average Bonchev–Trinajstić information content (AvgIpc) is 1.87. The number of nitrogens with one attached hydrogen (secondary N) is 2. The van der Waals surface area contributed by atoms with E-state index in [1.165, 1.54) is 0 Å². The molecule has 0 radical (unpaired) electrons. The molecule has 0 bridgehead atoms. The molecule has 1 unspecified atom stereocenters. The highest BCUT2D eigenvalue weighted by Gasteiger charge is 2.12. The highest BCUT2D eigenvalue weighted by molar-refractivity contribution is 5.75. The van der Waals surface area contributed by atoms with Crippen molar-refractivity contribution in [2.24, 2.45) is 0 Å². The van der Waals surface area contributed by atoms with Gasteiger partial charge in [0, 0.05) is 0 Å². The Labute approximate surface area is 42.3 Å². The van der Waals surface area contributed by atoms with Gasteiger partial charge in [0.2, 0.25) is 0 Å². The molecule has 1 amide bonds. The maximum absolute atomic E-state index is 10.3. The van der Waals surface area contributed by atoms with E-state index in [0.717, 1.165) is 11.6 Å². The van der Waals surface area contributed by atoms with E-state index in [-0.39, 0.29) is 5.91 Å². The van der Waals surface area contributed by atoms with Gasteiger partial charge in [0.05, 0.1) is 13.0 Å². The predicted molar refractivity (Wildman–Crippen MR) is 23.9 cm³/mol. The maximum Gasteiger partial charge on any atom is 0.268 e. The van der Waals surface area contributed by atoms with E-state index in [0.29, 0.717) is 6.42 Å². The van der Waals surface area contributed by atoms with E-state index >= 15 is 0 Å². The molecule has 0 aromatic rings. The fraction of sp³-hybridized carbons (Fsp3) is 0.500. The second kappa shape index (κ2) is 1.50. The maximum atomic E-state index is 10.3. The molecule has 1 aliphatic rings. The molecule has 2 N–H and O–H groups in total. The first-order chi connectivity index (χ1) is 3.29. The van der Waals surface area contributed by atoms with Crippen molar-refractivity contribution in [2.45, 2.75) is 6.42 Å². The first-order valence-electron chi connectivity index (χ1n) is 2.26. The largest absolute Gasteiger partial charge is 0.361 e. The minimum absolute atomic E-state index is 0.102. The molecule has 3 heteroatoms. The number of hydrogen-bond acceptors (Lipinski definition) is 1. The normalized spacial score (nSPS) is 30.4. The van der Waals surface area contributed by atoms with Crippen LogP contribution >= 0.6 is 0 Å². The van der Waals surface area contributed by atoms with Crippen molar-refractivity contribution in [1.82, 2.24) is 5.43 Å². The van der Waals surface area contributed by atoms with Crippen molar-refractivity contribution in [3.8, 4) is 0 Å². The van der Waals surface area contributed by atoms with Crippen molar-refractivity contribution >= 4 is 5.91 Å². The summed E-state index contributed by atoms with van der Waals surface area (Å²) in [6.45, 7) is 0.818. The van der Waals surface area contributed by atoms with Gasteiger partial charge in [-0.05, 0) is 0 Å². The molecule has 0 aliphatic carbocycles. The lowest BCUT2D eigenvalue weighted by Crippen LogP contribution is -3.11. The summed E-state index contributed by atoms with van der Waals surface area (Å²) in [5.41, 5.74) is 2.58. The van der Waals surface area contributed by atoms with E-state index in [4.69, 9.17) is 0 Å². The highest BCUT2D eigenvalue weighted by Crippen LogP contribution is 1.74. The Bertz CT molecular complexity index is 91.7. The predicted octanol–water partition coefficient (Wildman–Crippen LogP) is -1.90. The van der Waals surface area contributed by atoms with Crippen LogP contribution in [-0.4, -0.2) is 12.5 Å². The van der Waals surface area contributed by atoms with Gasteiger partial charge in [-0.15, -0.1) is 7.05 Å². The second-order valence-electron chi connectivity index (χ2n) is 1.65. The van der Waals surface area contributed by atoms with Crippen molar-refractivity contribution in [3.63, 3.8) is 0 Å². The van der Waals surface area contributed by atoms with E-state index in [1.807, 2.05) is 0 Å². The van der Waals surface area contributed by atoms with Gasteiger partial charge in [0.15, 0.2) is 0 Å². The van der Waals surface area contributed by atoms with Gasteiger partial charge >= 0.3 is 0 Å². The van der Waals surface area contributed by atoms with Crippen LogP contribution in [0.25, 0.3) is 0 Å². The summed E-state index contributed by atoms with van der Waals surface area (Å²) in [4.78, 5) is 10.3. The van der Waals surface area contributed by atoms with Crippen molar-refractivity contribution in [1.29, 1.82) is 0 Å². The van der Waals surface area contributed by atoms with Crippen LogP contribution in [0.1, 0.15) is 6.42 Å². The summed E-state index contributed by atoms with van der Waals surface area (Å²) in [5, 5.41) is 0.852. The summed E-state index contributed by atoms with van der Waals surface area (Å²) in [7, 11) is 3.57. The van der Waals surface area contributed by atoms with Gasteiger partial charge in [-0.25, -0.2) is 5.43 Å². The number of carbonyl (C=O) groups is 1. The topological polar surface area (TPSA) is 33.5 Å². The smallest absolute Gasteiger partial charge is 0.268 e. The van der Waals surface area contributed by atoms with Crippen LogP contribution in [0.4, 0.5) is 0 Å². The number of amides is 1. The summed E-state index contributed by atoms with van der Waals surface area (Å²) in [6.07, 6.45) is 0.624. The molecular formula is C4H8N2O. The second-order valence-corrected chi connectivity index (χ2v) is 1.65. The Balaban J connectivity index is 2.40. The van der Waals surface area contributed by atoms with Gasteiger partial charge in [0.25, 0.3) is 5.91 Å². The molecule has 40 valence electrons. The molecule has 3 nitrogen and oxygen atoms in total. The lowest BCUT2D eigenvalue weighted by molar-refractivity contribution is -0.881. The van der Waals surface area contributed by atoms with Gasteiger partial charge in [-0.2, -0.15) is 0 Å². The highest BCUT2D eigenvalue weighted by atomic mass is 16.2. The van der Waals surface area contributed by atoms with Gasteiger partial charge in [0.1, 0.15) is 0 Å². The molecule has 0 spiro atoms. The quantitative estimate of drug-likeness (QED) is 0.342. The lowest BCUT2D eigenvalue weighted by Gasteiger charge is -2.08. The van der Waals surface area contributed by atoms with Crippen LogP contribution in [0.15, 0.2) is 0 Å². The number of rotatable bonds is 0. The Hall–Kier alpha value is -0.570. The molecule has 0 aromatic carbocycles. The zero-order chi connectivity index (χ0) is 5.28. The summed E-state index contributed by atoms with van der Waals surface area (Å²) >= 11 is 0. The van der Waals surface area contributed by atoms with E-state index < -0.39 is 0 Å². The van der Waals surface area contributed by atoms with Crippen LogP contribution in [0.2, 0.25) is 0 Å². The Morgan fingerprint density at radius 3 is 2.71 bits per heavy atom. The number of hydrogen-bond donors (Lipinski definition) is 2. The van der Waals surface area contributed by atoms with E-state index in [2.05, 4.69) is 12.5 Å². The molecule has 1 rings (SSSR count). The van der Waals surface area contributed by atoms with Gasteiger partial charge in [-0.1, -0.05) is 0 Å². The van der Waals surface area contributed by atoms with Crippen LogP contribution < -0.4 is 10.4 Å². The SMILES string of the molecule is [CH2-][NH+]1CCC(=O)N1. The summed E-state index contributed by atoms with van der Waals surface area (Å²) in [5.74, 6) is 0.102. The number of carbonyl (C=O) groups excluding carboxylic acids is 1. The minimum Gasteiger partial charge on any atom is -0.361 e. The van der Waals surface area contributed by atoms with Gasteiger partial charge in [-0.3, -0.25) is 4.79 Å². The third kappa shape index (κ3) is 0.899. The fourth-order valence-corrected chi connectivity index (χ4v) is 0.587. The third-order valence-electron chi connectivity index (χ3n) is 0.970. The zero-order valence-corrected chi connectivity index (χ0v) is 4.03. The Kier molecular flexibility index (Phi) is 0.982. The minimum atomic E-state index is 0.102. The molecule has 7 heavy (non-hydrogen) atoms. The number of quaternary nitrogens is 1. The van der Waals surface area contributed by atoms with Crippen molar-refractivity contribution in [3.05, 3.63) is 7.05 Å². The molecule has 1 fully saturated rings. The van der Waals surface area contributed by atoms with Crippen molar-refractivity contribution < 1.29 is 9.80 Å². The Morgan fingerprint density at radius 2 is 2.57 bits per heavy atom. The molecule has 0 saturated carbocycles. The molecule has 1 saturated heterocycles. The third-order valence-corrected chi connectivity index (χ3v) is 0.970. The monoisotopic (exact) mass is 100 g/mol. The van der Waals surface area contributed by atoms with Gasteiger partial charge < -0.3 is 5.01 Å². The van der Waals surface area contributed by atoms with Crippen LogP contribution in [0.3, 0.4) is 0 Å². The van der Waals surface area contributed by atoms with Crippen LogP contribution in [0.5, 0.6) is 0 Å². The molecule has 1 atom stereocenters. The first kappa shape index (κ1) is 4.59. The van der Waals surface area contributed by atoms with E-state index in [9.17, 15) is 4.79 Å². The van der Waals surface area contributed by atoms with Crippen molar-refractivity contribution in [2.75, 3.05) is 6.54 Å². The summed E-state index contributed by atoms with van der Waals surface area (Å²) in [6, 6.07) is 0. The average molecular weight is 100 g/mol. The summed E-state index contributed by atoms with van der Waals surface area (Å²) < 4.78 is 0. The molecule has 0 aromatic heterocycles. The molecule has 1 heterocycles. The molecular weight excluding hydrogens is 92.1 g/mol. The fourth-order valence-electron chi connectivity index (χ4n) is 0.587. The van der Waals surface area contributed by atoms with E-state index in [1.54, 1.807) is 0 Å². The lowest BCUT2D eigenvalue weighted by atomic mass is 10.4. The standard InChI is InChI=1S/C4H8N2O/c1-6-3-2-4(7)5-6/h6H,1-3H2,(H,5,7). The first-order valence-corrected chi connectivity index (χ1v) is 2.26. The molecule has 1 aliphatic heterocycles. The van der Waals surface area contributed by atoms with Crippen LogP contribution in [0, 0.1) is 7.05 Å². The zero-order valence-electron chi connectivity index (χ0n) is 4.03.